The largest absolute Gasteiger partial charge is 0.324 e. The van der Waals surface area contributed by atoms with E-state index >= 15 is 0 Å². The molecular formula is C17H25NO2S2. The molecule has 5 heteroatoms. The van der Waals surface area contributed by atoms with Crippen molar-refractivity contribution in [1.82, 2.24) is 0 Å². The number of nitrogens with one attached hydrogen (secondary N) is 1. The summed E-state index contributed by atoms with van der Waals surface area (Å²) in [5.74, 6) is -0.263. The number of carbonyl (C=O) groups excluding carboxylic acids is 2. The lowest BCUT2D eigenvalue weighted by atomic mass is 10.2. The molecule has 0 heterocycles. The monoisotopic (exact) mass is 339 g/mol. The van der Waals surface area contributed by atoms with E-state index in [1.807, 2.05) is 65.0 Å². The van der Waals surface area contributed by atoms with Crippen molar-refractivity contribution in [2.75, 3.05) is 5.32 Å². The lowest BCUT2D eigenvalue weighted by Gasteiger charge is -2.32. The molecule has 1 aromatic carbocycles. The van der Waals surface area contributed by atoms with Gasteiger partial charge in [0.1, 0.15) is 0 Å². The van der Waals surface area contributed by atoms with Crippen LogP contribution in [-0.2, 0) is 9.59 Å². The van der Waals surface area contributed by atoms with E-state index in [-0.39, 0.29) is 22.2 Å². The molecule has 3 nitrogen and oxygen atoms in total. The fourth-order valence-electron chi connectivity index (χ4n) is 2.02. The number of benzene rings is 1. The number of thioether (sulfide) groups is 2. The lowest BCUT2D eigenvalue weighted by Crippen LogP contribution is -2.46. The first-order chi connectivity index (χ1) is 10.3. The van der Waals surface area contributed by atoms with Crippen molar-refractivity contribution >= 4 is 40.9 Å². The summed E-state index contributed by atoms with van der Waals surface area (Å²) in [7, 11) is 0. The highest BCUT2D eigenvalue weighted by Gasteiger charge is 2.47. The van der Waals surface area contributed by atoms with Crippen molar-refractivity contribution < 1.29 is 9.59 Å². The van der Waals surface area contributed by atoms with Gasteiger partial charge in [-0.05, 0) is 12.1 Å². The summed E-state index contributed by atoms with van der Waals surface area (Å²) in [5.41, 5.74) is 0.717. The third-order valence-corrected chi connectivity index (χ3v) is 5.83. The van der Waals surface area contributed by atoms with Gasteiger partial charge in [-0.25, -0.2) is 0 Å². The van der Waals surface area contributed by atoms with Crippen LogP contribution in [0.1, 0.15) is 41.0 Å². The van der Waals surface area contributed by atoms with Crippen LogP contribution < -0.4 is 5.32 Å². The van der Waals surface area contributed by atoms with E-state index in [1.54, 1.807) is 0 Å². The van der Waals surface area contributed by atoms with Crippen molar-refractivity contribution in [2.24, 2.45) is 0 Å². The van der Waals surface area contributed by atoms with Crippen molar-refractivity contribution in [1.29, 1.82) is 0 Å². The Morgan fingerprint density at radius 3 is 1.95 bits per heavy atom. The van der Waals surface area contributed by atoms with Crippen LogP contribution in [0.5, 0.6) is 0 Å². The summed E-state index contributed by atoms with van der Waals surface area (Å²) >= 11 is 2.87. The van der Waals surface area contributed by atoms with Gasteiger partial charge in [0.05, 0.1) is 0 Å². The zero-order valence-corrected chi connectivity index (χ0v) is 15.5. The van der Waals surface area contributed by atoms with Gasteiger partial charge in [-0.2, -0.15) is 0 Å². The smallest absolute Gasteiger partial charge is 0.258 e. The molecule has 1 rings (SSSR count). The van der Waals surface area contributed by atoms with E-state index in [0.717, 1.165) is 5.69 Å². The molecule has 0 fully saturated rings. The van der Waals surface area contributed by atoms with Gasteiger partial charge in [0.15, 0.2) is 9.86 Å². The van der Waals surface area contributed by atoms with Gasteiger partial charge in [-0.1, -0.05) is 52.8 Å². The number of Topliss-reactive ketones (excluding diaryl/α,β-unsaturated/α-hetero) is 1. The van der Waals surface area contributed by atoms with E-state index in [4.69, 9.17) is 0 Å². The van der Waals surface area contributed by atoms with Gasteiger partial charge in [0.2, 0.25) is 0 Å². The first-order valence-corrected chi connectivity index (χ1v) is 9.33. The zero-order chi connectivity index (χ0) is 16.8. The Morgan fingerprint density at radius 2 is 1.55 bits per heavy atom. The predicted octanol–water partition coefficient (Wildman–Crippen LogP) is 4.58. The molecule has 0 aromatic heterocycles. The normalized spacial score (nSPS) is 11.8. The number of carbonyl (C=O) groups is 2. The average molecular weight is 340 g/mol. The maximum absolute atomic E-state index is 12.9. The van der Waals surface area contributed by atoms with E-state index in [1.165, 1.54) is 23.5 Å². The predicted molar refractivity (Wildman–Crippen MR) is 98.6 cm³/mol. The van der Waals surface area contributed by atoms with Crippen LogP contribution in [0, 0.1) is 0 Å². The second-order valence-electron chi connectivity index (χ2n) is 5.55. The minimum absolute atomic E-state index is 0.0293. The topological polar surface area (TPSA) is 46.2 Å². The van der Waals surface area contributed by atoms with Gasteiger partial charge in [-0.15, -0.1) is 23.5 Å². The zero-order valence-electron chi connectivity index (χ0n) is 13.9. The number of ketones is 1. The molecular weight excluding hydrogens is 314 g/mol. The van der Waals surface area contributed by atoms with Gasteiger partial charge in [0, 0.05) is 22.6 Å². The summed E-state index contributed by atoms with van der Waals surface area (Å²) in [4.78, 5) is 25.6. The third-order valence-electron chi connectivity index (χ3n) is 2.82. The summed E-state index contributed by atoms with van der Waals surface area (Å²) in [6.07, 6.45) is 0.349. The van der Waals surface area contributed by atoms with Crippen LogP contribution in [-0.4, -0.2) is 26.3 Å². The Hall–Kier alpha value is -0.940. The van der Waals surface area contributed by atoms with E-state index in [9.17, 15) is 9.59 Å². The maximum Gasteiger partial charge on any atom is 0.258 e. The van der Waals surface area contributed by atoms with Gasteiger partial charge >= 0.3 is 0 Å². The Bertz CT molecular complexity index is 491. The van der Waals surface area contributed by atoms with Crippen molar-refractivity contribution in [3.63, 3.8) is 0 Å². The molecule has 0 saturated heterocycles. The highest BCUT2D eigenvalue weighted by atomic mass is 32.2. The fourth-order valence-corrected chi connectivity index (χ4v) is 5.60. The molecule has 0 radical (unpaired) electrons. The number of rotatable bonds is 8. The summed E-state index contributed by atoms with van der Waals surface area (Å²) in [5, 5.41) is 3.27. The van der Waals surface area contributed by atoms with Gasteiger partial charge < -0.3 is 5.32 Å². The molecule has 0 aliphatic carbocycles. The molecule has 0 aliphatic heterocycles. The molecule has 0 atom stereocenters. The Kier molecular flexibility index (Phi) is 7.49. The average Bonchev–Trinajstić information content (AvgIpc) is 2.45. The summed E-state index contributed by atoms with van der Waals surface area (Å²) in [6, 6.07) is 9.29. The molecule has 0 unspecified atom stereocenters. The number of hydrogen-bond donors (Lipinski definition) is 1. The maximum atomic E-state index is 12.9. The number of anilines is 1. The summed E-state index contributed by atoms with van der Waals surface area (Å²) < 4.78 is -1.09. The molecule has 0 aliphatic rings. The van der Waals surface area contributed by atoms with Crippen molar-refractivity contribution in [3.8, 4) is 0 Å². The summed E-state index contributed by atoms with van der Waals surface area (Å²) in [6.45, 7) is 9.87. The molecule has 122 valence electrons. The van der Waals surface area contributed by atoms with E-state index in [0.29, 0.717) is 6.42 Å². The molecule has 0 saturated carbocycles. The first kappa shape index (κ1) is 19.1. The minimum Gasteiger partial charge on any atom is -0.324 e. The Labute approximate surface area is 142 Å². The lowest BCUT2D eigenvalue weighted by molar-refractivity contribution is -0.125. The van der Waals surface area contributed by atoms with Gasteiger partial charge in [0.25, 0.3) is 5.91 Å². The van der Waals surface area contributed by atoms with Crippen LogP contribution in [0.15, 0.2) is 30.3 Å². The van der Waals surface area contributed by atoms with Gasteiger partial charge in [-0.3, -0.25) is 9.59 Å². The number of para-hydroxylation sites is 1. The van der Waals surface area contributed by atoms with Crippen LogP contribution >= 0.6 is 23.5 Å². The minimum atomic E-state index is -1.09. The molecule has 0 spiro atoms. The Balaban J connectivity index is 3.15. The second-order valence-corrected chi connectivity index (χ2v) is 9.39. The van der Waals surface area contributed by atoms with Crippen molar-refractivity contribution in [2.45, 2.75) is 55.6 Å². The second kappa shape index (κ2) is 8.63. The quantitative estimate of drug-likeness (QED) is 0.556. The standard InChI is InChI=1S/C17H25NO2S2/c1-6-15(19)17(21-12(2)3,22-13(4)5)16(20)18-14-10-8-7-9-11-14/h7-13H,6H2,1-5H3,(H,18,20). The third kappa shape index (κ3) is 5.06. The van der Waals surface area contributed by atoms with Crippen LogP contribution in [0.3, 0.4) is 0 Å². The SMILES string of the molecule is CCC(=O)C(SC(C)C)(SC(C)C)C(=O)Nc1ccccc1. The first-order valence-electron chi connectivity index (χ1n) is 7.57. The molecule has 22 heavy (non-hydrogen) atoms. The van der Waals surface area contributed by atoms with E-state index < -0.39 is 4.08 Å². The number of amides is 1. The van der Waals surface area contributed by atoms with Crippen LogP contribution in [0.2, 0.25) is 0 Å². The number of hydrogen-bond acceptors (Lipinski definition) is 4. The Morgan fingerprint density at radius 1 is 1.05 bits per heavy atom. The highest BCUT2D eigenvalue weighted by Crippen LogP contribution is 2.44. The molecule has 0 bridgehead atoms. The molecule has 1 N–H and O–H groups in total. The van der Waals surface area contributed by atoms with Crippen LogP contribution in [0.25, 0.3) is 0 Å². The fraction of sp³-hybridized carbons (Fsp3) is 0.529. The molecule has 1 aromatic rings. The van der Waals surface area contributed by atoms with E-state index in [2.05, 4.69) is 5.32 Å². The molecule has 1 amide bonds. The van der Waals surface area contributed by atoms with Crippen LogP contribution in [0.4, 0.5) is 5.69 Å². The highest BCUT2D eigenvalue weighted by molar-refractivity contribution is 8.21. The van der Waals surface area contributed by atoms with Crippen molar-refractivity contribution in [3.05, 3.63) is 30.3 Å².